The van der Waals surface area contributed by atoms with Gasteiger partial charge in [0.2, 0.25) is 4.80 Å². The summed E-state index contributed by atoms with van der Waals surface area (Å²) < 4.78 is 37.7. The van der Waals surface area contributed by atoms with Gasteiger partial charge in [-0.05, 0) is 44.0 Å². The van der Waals surface area contributed by atoms with Crippen LogP contribution in [0.2, 0.25) is 0 Å². The highest BCUT2D eigenvalue weighted by Gasteiger charge is 2.19. The van der Waals surface area contributed by atoms with Gasteiger partial charge in [0.1, 0.15) is 11.3 Å². The van der Waals surface area contributed by atoms with E-state index in [1.807, 2.05) is 67.1 Å². The van der Waals surface area contributed by atoms with Gasteiger partial charge >= 0.3 is 0 Å². The van der Waals surface area contributed by atoms with E-state index in [1.165, 1.54) is 11.3 Å². The third kappa shape index (κ3) is 3.56. The lowest BCUT2D eigenvalue weighted by Gasteiger charge is -2.06. The molecule has 7 heteroatoms. The van der Waals surface area contributed by atoms with Crippen LogP contribution in [0.1, 0.15) is 25.2 Å². The van der Waals surface area contributed by atoms with E-state index in [9.17, 15) is 8.42 Å². The second kappa shape index (κ2) is 7.65. The lowest BCUT2D eigenvalue weighted by atomic mass is 10.1. The van der Waals surface area contributed by atoms with Crippen molar-refractivity contribution in [3.05, 3.63) is 70.0 Å². The van der Waals surface area contributed by atoms with Crippen molar-refractivity contribution in [2.24, 2.45) is 4.40 Å². The Hall–Kier alpha value is -2.64. The van der Waals surface area contributed by atoms with Crippen molar-refractivity contribution >= 4 is 32.3 Å². The Kier molecular flexibility index (Phi) is 5.19. The molecule has 2 heterocycles. The highest BCUT2D eigenvalue weighted by atomic mass is 32.2. The van der Waals surface area contributed by atoms with Crippen molar-refractivity contribution < 1.29 is 12.8 Å². The Bertz CT molecular complexity index is 1340. The SMILES string of the molecule is CCc1ccc(S(=O)(=O)N=c2scc(-c3c(C)oc4ccccc34)n2CC)cc1. The first-order chi connectivity index (χ1) is 13.9. The Morgan fingerprint density at radius 3 is 2.48 bits per heavy atom. The van der Waals surface area contributed by atoms with Crippen molar-refractivity contribution in [3.63, 3.8) is 0 Å². The molecule has 5 nitrogen and oxygen atoms in total. The van der Waals surface area contributed by atoms with Crippen LogP contribution in [0.3, 0.4) is 0 Å². The summed E-state index contributed by atoms with van der Waals surface area (Å²) >= 11 is 1.32. The van der Waals surface area contributed by atoms with Gasteiger partial charge in [-0.15, -0.1) is 15.7 Å². The Labute approximate surface area is 174 Å². The van der Waals surface area contributed by atoms with Gasteiger partial charge in [0.05, 0.1) is 10.6 Å². The molecular weight excluding hydrogens is 404 g/mol. The molecule has 0 unspecified atom stereocenters. The molecule has 0 amide bonds. The van der Waals surface area contributed by atoms with Crippen molar-refractivity contribution in [1.29, 1.82) is 0 Å². The van der Waals surface area contributed by atoms with Crippen LogP contribution >= 0.6 is 11.3 Å². The highest BCUT2D eigenvalue weighted by molar-refractivity contribution is 7.90. The third-order valence-corrected chi connectivity index (χ3v) is 7.23. The Morgan fingerprint density at radius 1 is 1.07 bits per heavy atom. The Balaban J connectivity index is 1.86. The largest absolute Gasteiger partial charge is 0.461 e. The summed E-state index contributed by atoms with van der Waals surface area (Å²) in [7, 11) is -3.79. The molecule has 0 atom stereocenters. The molecule has 0 radical (unpaired) electrons. The van der Waals surface area contributed by atoms with E-state index in [1.54, 1.807) is 12.1 Å². The van der Waals surface area contributed by atoms with E-state index in [-0.39, 0.29) is 4.90 Å². The van der Waals surface area contributed by atoms with E-state index >= 15 is 0 Å². The molecule has 29 heavy (non-hydrogen) atoms. The number of aromatic nitrogens is 1. The predicted molar refractivity (Wildman–Crippen MR) is 116 cm³/mol. The molecule has 0 spiro atoms. The van der Waals surface area contributed by atoms with Crippen LogP contribution in [-0.2, 0) is 23.0 Å². The minimum absolute atomic E-state index is 0.206. The molecule has 0 saturated carbocycles. The van der Waals surface area contributed by atoms with Gasteiger partial charge in [-0.25, -0.2) is 0 Å². The molecule has 150 valence electrons. The molecule has 0 fully saturated rings. The average molecular weight is 427 g/mol. The van der Waals surface area contributed by atoms with Crippen LogP contribution < -0.4 is 4.80 Å². The van der Waals surface area contributed by atoms with Crippen LogP contribution in [0.15, 0.2) is 67.6 Å². The number of nitrogens with zero attached hydrogens (tertiary/aromatic N) is 2. The maximum atomic E-state index is 12.9. The lowest BCUT2D eigenvalue weighted by molar-refractivity contribution is 0.579. The van der Waals surface area contributed by atoms with E-state index in [0.717, 1.165) is 40.0 Å². The number of aryl methyl sites for hydroxylation is 2. The number of fused-ring (bicyclic) bond motifs is 1. The first kappa shape index (κ1) is 19.7. The van der Waals surface area contributed by atoms with Gasteiger partial charge in [0.25, 0.3) is 10.0 Å². The number of rotatable bonds is 5. The van der Waals surface area contributed by atoms with E-state index in [4.69, 9.17) is 4.42 Å². The smallest absolute Gasteiger partial charge is 0.285 e. The molecule has 0 aliphatic heterocycles. The van der Waals surface area contributed by atoms with Gasteiger partial charge in [0.15, 0.2) is 0 Å². The zero-order valence-corrected chi connectivity index (χ0v) is 18.2. The second-order valence-electron chi connectivity index (χ2n) is 6.74. The van der Waals surface area contributed by atoms with Crippen molar-refractivity contribution in [1.82, 2.24) is 4.57 Å². The molecule has 0 aliphatic carbocycles. The number of sulfonamides is 1. The first-order valence-corrected chi connectivity index (χ1v) is 11.8. The van der Waals surface area contributed by atoms with Crippen LogP contribution in [0.4, 0.5) is 0 Å². The molecule has 0 saturated heterocycles. The summed E-state index contributed by atoms with van der Waals surface area (Å²) in [5, 5.41) is 2.96. The lowest BCUT2D eigenvalue weighted by Crippen LogP contribution is -2.17. The topological polar surface area (TPSA) is 64.6 Å². The summed E-state index contributed by atoms with van der Waals surface area (Å²) in [6, 6.07) is 14.8. The van der Waals surface area contributed by atoms with Crippen LogP contribution in [0, 0.1) is 6.92 Å². The fourth-order valence-corrected chi connectivity index (χ4v) is 5.62. The number of benzene rings is 2. The van der Waals surface area contributed by atoms with Crippen molar-refractivity contribution in [2.45, 2.75) is 38.6 Å². The van der Waals surface area contributed by atoms with Gasteiger partial charge in [-0.3, -0.25) is 0 Å². The quantitative estimate of drug-likeness (QED) is 0.444. The summed E-state index contributed by atoms with van der Waals surface area (Å²) in [5.41, 5.74) is 3.80. The van der Waals surface area contributed by atoms with Crippen molar-refractivity contribution in [2.75, 3.05) is 0 Å². The molecule has 0 bridgehead atoms. The van der Waals surface area contributed by atoms with Crippen LogP contribution in [-0.4, -0.2) is 13.0 Å². The van der Waals surface area contributed by atoms with Gasteiger partial charge < -0.3 is 8.98 Å². The summed E-state index contributed by atoms with van der Waals surface area (Å²) in [4.78, 5) is 0.656. The van der Waals surface area contributed by atoms with E-state index in [2.05, 4.69) is 4.40 Å². The summed E-state index contributed by atoms with van der Waals surface area (Å²) in [6.45, 7) is 6.54. The predicted octanol–water partition coefficient (Wildman–Crippen LogP) is 5.14. The monoisotopic (exact) mass is 426 g/mol. The molecule has 0 N–H and O–H groups in total. The second-order valence-corrected chi connectivity index (χ2v) is 9.18. The fourth-order valence-electron chi connectivity index (χ4n) is 3.45. The minimum atomic E-state index is -3.79. The van der Waals surface area contributed by atoms with Gasteiger partial charge in [-0.1, -0.05) is 37.3 Å². The molecular formula is C22H22N2O3S2. The minimum Gasteiger partial charge on any atom is -0.461 e. The normalized spacial score (nSPS) is 12.7. The molecule has 4 rings (SSSR count). The highest BCUT2D eigenvalue weighted by Crippen LogP contribution is 2.34. The maximum Gasteiger partial charge on any atom is 0.285 e. The Morgan fingerprint density at radius 2 is 1.79 bits per heavy atom. The van der Waals surface area contributed by atoms with Crippen molar-refractivity contribution in [3.8, 4) is 11.3 Å². The fraction of sp³-hybridized carbons (Fsp3) is 0.227. The van der Waals surface area contributed by atoms with Gasteiger partial charge in [-0.2, -0.15) is 8.42 Å². The number of hydrogen-bond acceptors (Lipinski definition) is 4. The molecule has 0 aliphatic rings. The zero-order chi connectivity index (χ0) is 20.6. The number of furan rings is 1. The first-order valence-electron chi connectivity index (χ1n) is 9.51. The summed E-state index contributed by atoms with van der Waals surface area (Å²) in [5.74, 6) is 0.802. The van der Waals surface area contributed by atoms with Crippen LogP contribution in [0.25, 0.3) is 22.2 Å². The number of thiazole rings is 1. The molecule has 2 aromatic heterocycles. The van der Waals surface area contributed by atoms with Crippen LogP contribution in [0.5, 0.6) is 0 Å². The maximum absolute atomic E-state index is 12.9. The third-order valence-electron chi connectivity index (χ3n) is 4.97. The number of hydrogen-bond donors (Lipinski definition) is 0. The standard InChI is InChI=1S/C22H22N2O3S2/c1-4-16-10-12-17(13-11-16)29(25,26)23-22-24(5-2)19(14-28-22)21-15(3)27-20-9-7-6-8-18(20)21/h6-14H,4-5H2,1-3H3. The number of para-hydroxylation sites is 1. The summed E-state index contributed by atoms with van der Waals surface area (Å²) in [6.07, 6.45) is 0.861. The molecule has 2 aromatic carbocycles. The zero-order valence-electron chi connectivity index (χ0n) is 16.5. The van der Waals surface area contributed by atoms with Gasteiger partial charge in [0, 0.05) is 22.9 Å². The average Bonchev–Trinajstić information content (AvgIpc) is 3.26. The molecule has 4 aromatic rings. The van der Waals surface area contributed by atoms with E-state index in [0.29, 0.717) is 11.3 Å². The van der Waals surface area contributed by atoms with E-state index < -0.39 is 10.0 Å².